The maximum atomic E-state index is 11.2. The highest BCUT2D eigenvalue weighted by Crippen LogP contribution is 2.60. The first-order valence-electron chi connectivity index (χ1n) is 5.89. The van der Waals surface area contributed by atoms with Crippen LogP contribution in [0.4, 0.5) is 5.69 Å². The Bertz CT molecular complexity index is 578. The summed E-state index contributed by atoms with van der Waals surface area (Å²) in [6.07, 6.45) is 0. The molecule has 1 aromatic carbocycles. The number of carbonyl (C=O) groups excluding carboxylic acids is 1. The van der Waals surface area contributed by atoms with Crippen molar-refractivity contribution in [2.24, 2.45) is 5.73 Å². The Morgan fingerprint density at radius 3 is 2.58 bits per heavy atom. The van der Waals surface area contributed by atoms with Gasteiger partial charge in [-0.3, -0.25) is 4.79 Å². The molecule has 6 heteroatoms. The first-order chi connectivity index (χ1) is 9.02. The molecule has 1 amide bonds. The lowest BCUT2D eigenvalue weighted by Gasteiger charge is -2.22. The van der Waals surface area contributed by atoms with Crippen LogP contribution in [-0.2, 0) is 13.9 Å². The van der Waals surface area contributed by atoms with E-state index in [1.54, 1.807) is 28.6 Å². The number of thioether (sulfide) groups is 2. The lowest BCUT2D eigenvalue weighted by molar-refractivity contribution is -0.118. The zero-order valence-corrected chi connectivity index (χ0v) is 12.3. The summed E-state index contributed by atoms with van der Waals surface area (Å²) in [6, 6.07) is 4.19. The summed E-state index contributed by atoms with van der Waals surface area (Å²) in [5, 5.41) is 5.63. The fraction of sp³-hybridized carbons (Fsp3) is 0.308. The summed E-state index contributed by atoms with van der Waals surface area (Å²) in [6.45, 7) is 4.20. The van der Waals surface area contributed by atoms with Crippen LogP contribution >= 0.6 is 23.5 Å². The van der Waals surface area contributed by atoms with E-state index in [2.05, 4.69) is 26.0 Å². The molecule has 1 spiro atoms. The monoisotopic (exact) mass is 294 g/mol. The fourth-order valence-electron chi connectivity index (χ4n) is 2.19. The van der Waals surface area contributed by atoms with Crippen LogP contribution in [0.1, 0.15) is 16.7 Å². The molecule has 0 saturated carbocycles. The van der Waals surface area contributed by atoms with E-state index in [0.29, 0.717) is 0 Å². The van der Waals surface area contributed by atoms with E-state index in [9.17, 15) is 4.79 Å². The Balaban J connectivity index is 2.08. The number of primary amides is 1. The molecule has 0 unspecified atom stereocenters. The van der Waals surface area contributed by atoms with Gasteiger partial charge in [0.15, 0.2) is 0 Å². The van der Waals surface area contributed by atoms with Crippen LogP contribution in [0.2, 0.25) is 0 Å². The van der Waals surface area contributed by atoms with Gasteiger partial charge in [0, 0.05) is 5.56 Å². The number of anilines is 1. The van der Waals surface area contributed by atoms with Gasteiger partial charge < -0.3 is 5.73 Å². The second-order valence-corrected chi connectivity index (χ2v) is 7.04. The number of aryl methyl sites for hydroxylation is 2. The van der Waals surface area contributed by atoms with Crippen LogP contribution in [0.25, 0.3) is 0 Å². The average molecular weight is 294 g/mol. The third-order valence-electron chi connectivity index (χ3n) is 3.24. The van der Waals surface area contributed by atoms with Crippen molar-refractivity contribution in [2.45, 2.75) is 18.1 Å². The van der Waals surface area contributed by atoms with Crippen LogP contribution in [-0.4, -0.2) is 12.5 Å². The van der Waals surface area contributed by atoms with Crippen molar-refractivity contribution in [3.63, 3.8) is 0 Å². The van der Waals surface area contributed by atoms with Crippen LogP contribution in [0.15, 0.2) is 22.9 Å². The Morgan fingerprint density at radius 1 is 1.32 bits per heavy atom. The second kappa shape index (κ2) is 4.47. The Hall–Kier alpha value is -1.11. The van der Waals surface area contributed by atoms with Crippen molar-refractivity contribution in [3.05, 3.63) is 39.6 Å². The first-order valence-corrected chi connectivity index (χ1v) is 7.65. The average Bonchev–Trinajstić information content (AvgIpc) is 2.89. The van der Waals surface area contributed by atoms with Gasteiger partial charge in [-0.05, 0) is 47.9 Å². The summed E-state index contributed by atoms with van der Waals surface area (Å²) in [5.74, 6) is -0.401. The summed E-state index contributed by atoms with van der Waals surface area (Å²) in [4.78, 5) is 17.2. The van der Waals surface area contributed by atoms with E-state index in [-0.39, 0.29) is 6.54 Å². The van der Waals surface area contributed by atoms with Crippen LogP contribution < -0.4 is 10.8 Å². The molecular weight excluding hydrogens is 280 g/mol. The minimum absolute atomic E-state index is 0.0678. The highest BCUT2D eigenvalue weighted by Gasteiger charge is 2.47. The zero-order chi connectivity index (χ0) is 13.6. The lowest BCUT2D eigenvalue weighted by Crippen LogP contribution is -2.33. The second-order valence-electron chi connectivity index (χ2n) is 4.61. The number of hydrogen-bond donors (Lipinski definition) is 1. The van der Waals surface area contributed by atoms with Crippen LogP contribution in [0.5, 0.6) is 0 Å². The molecule has 100 valence electrons. The Morgan fingerprint density at radius 2 is 1.95 bits per heavy atom. The summed E-state index contributed by atoms with van der Waals surface area (Å²) in [7, 11) is 0. The number of nitrogens with two attached hydrogens (primary N) is 1. The van der Waals surface area contributed by atoms with Gasteiger partial charge in [0.25, 0.3) is 0 Å². The minimum atomic E-state index is -0.497. The van der Waals surface area contributed by atoms with Gasteiger partial charge in [-0.2, -0.15) is 0 Å². The fourth-order valence-corrected chi connectivity index (χ4v) is 4.39. The van der Waals surface area contributed by atoms with Gasteiger partial charge in [0.2, 0.25) is 10.2 Å². The molecule has 1 aromatic rings. The highest BCUT2D eigenvalue weighted by atomic mass is 32.2. The summed E-state index contributed by atoms with van der Waals surface area (Å²) >= 11 is 3.21. The number of rotatable bonds is 2. The number of hydrogen-bond acceptors (Lipinski definition) is 5. The standard InChI is InChI=1S/C13H14N2O2S2/c1-8-5-10-11(6-9(8)2)15(7-12(14)16)17-13(10)18-3-4-19-13/h3-6H,7H2,1-2H3,(H2,14,16). The van der Waals surface area contributed by atoms with Gasteiger partial charge in [-0.25, -0.2) is 9.90 Å². The molecule has 2 heterocycles. The molecule has 2 aliphatic rings. The SMILES string of the molecule is Cc1cc2c(cc1C)C1(ON2CC(N)=O)SC=CS1. The van der Waals surface area contributed by atoms with Crippen molar-refractivity contribution in [1.82, 2.24) is 0 Å². The van der Waals surface area contributed by atoms with E-state index in [1.807, 2.05) is 10.8 Å². The zero-order valence-electron chi connectivity index (χ0n) is 10.7. The largest absolute Gasteiger partial charge is 0.368 e. The van der Waals surface area contributed by atoms with Gasteiger partial charge in [-0.15, -0.1) is 0 Å². The number of nitrogens with zero attached hydrogens (tertiary/aromatic N) is 1. The molecule has 4 nitrogen and oxygen atoms in total. The van der Waals surface area contributed by atoms with Gasteiger partial charge in [0.05, 0.1) is 5.69 Å². The van der Waals surface area contributed by atoms with Crippen molar-refractivity contribution in [2.75, 3.05) is 11.6 Å². The molecule has 3 rings (SSSR count). The molecule has 2 aliphatic heterocycles. The molecule has 0 saturated heterocycles. The van der Waals surface area contributed by atoms with Crippen LogP contribution in [0.3, 0.4) is 0 Å². The lowest BCUT2D eigenvalue weighted by atomic mass is 10.0. The Labute approximate surface area is 120 Å². The smallest absolute Gasteiger partial charge is 0.239 e. The number of fused-ring (bicyclic) bond motifs is 2. The normalized spacial score (nSPS) is 19.2. The minimum Gasteiger partial charge on any atom is -0.368 e. The third-order valence-corrected chi connectivity index (χ3v) is 5.75. The molecule has 0 atom stereocenters. The quantitative estimate of drug-likeness (QED) is 0.908. The van der Waals surface area contributed by atoms with Crippen molar-refractivity contribution in [1.29, 1.82) is 0 Å². The van der Waals surface area contributed by atoms with E-state index in [1.165, 1.54) is 11.1 Å². The number of carbonyl (C=O) groups is 1. The van der Waals surface area contributed by atoms with Gasteiger partial charge >= 0.3 is 0 Å². The topological polar surface area (TPSA) is 55.6 Å². The van der Waals surface area contributed by atoms with E-state index >= 15 is 0 Å². The molecule has 0 bridgehead atoms. The molecule has 0 aliphatic carbocycles. The molecule has 0 radical (unpaired) electrons. The number of benzene rings is 1. The summed E-state index contributed by atoms with van der Waals surface area (Å²) < 4.78 is -0.497. The highest BCUT2D eigenvalue weighted by molar-refractivity contribution is 8.22. The number of amides is 1. The number of hydroxylamine groups is 1. The Kier molecular flexibility index (Phi) is 3.03. The van der Waals surface area contributed by atoms with Crippen LogP contribution in [0, 0.1) is 13.8 Å². The molecule has 2 N–H and O–H groups in total. The van der Waals surface area contributed by atoms with Gasteiger partial charge in [-0.1, -0.05) is 23.5 Å². The van der Waals surface area contributed by atoms with Crippen molar-refractivity contribution < 1.29 is 9.63 Å². The molecular formula is C13H14N2O2S2. The van der Waals surface area contributed by atoms with Crippen molar-refractivity contribution in [3.8, 4) is 0 Å². The molecule has 0 aromatic heterocycles. The predicted molar refractivity (Wildman–Crippen MR) is 79.5 cm³/mol. The predicted octanol–water partition coefficient (Wildman–Crippen LogP) is 2.60. The molecule has 19 heavy (non-hydrogen) atoms. The van der Waals surface area contributed by atoms with E-state index < -0.39 is 10.2 Å². The first kappa shape index (κ1) is 12.9. The van der Waals surface area contributed by atoms with E-state index in [0.717, 1.165) is 11.3 Å². The maximum absolute atomic E-state index is 11.2. The van der Waals surface area contributed by atoms with E-state index in [4.69, 9.17) is 10.6 Å². The maximum Gasteiger partial charge on any atom is 0.239 e. The van der Waals surface area contributed by atoms with Gasteiger partial charge in [0.1, 0.15) is 6.54 Å². The molecule has 0 fully saturated rings. The van der Waals surface area contributed by atoms with Crippen molar-refractivity contribution >= 4 is 35.1 Å². The third kappa shape index (κ3) is 2.04. The summed E-state index contributed by atoms with van der Waals surface area (Å²) in [5.41, 5.74) is 9.72.